The average molecular weight is 406 g/mol. The molecule has 0 spiro atoms. The molecule has 8 heteroatoms. The largest absolute Gasteiger partial charge is 0.345 e. The van der Waals surface area contributed by atoms with Gasteiger partial charge in [-0.1, -0.05) is 48.8 Å². The van der Waals surface area contributed by atoms with Gasteiger partial charge in [0.2, 0.25) is 5.95 Å². The van der Waals surface area contributed by atoms with E-state index in [1.165, 1.54) is 0 Å². The van der Waals surface area contributed by atoms with E-state index in [4.69, 9.17) is 4.63 Å². The summed E-state index contributed by atoms with van der Waals surface area (Å²) >= 11 is 0. The fraction of sp³-hybridized carbons (Fsp3) is 0.409. The molecule has 3 heterocycles. The molecule has 156 valence electrons. The Morgan fingerprint density at radius 3 is 2.57 bits per heavy atom. The van der Waals surface area contributed by atoms with E-state index >= 15 is 0 Å². The van der Waals surface area contributed by atoms with E-state index in [-0.39, 0.29) is 18.4 Å². The maximum Gasteiger partial charge on any atom is 0.270 e. The van der Waals surface area contributed by atoms with Crippen LogP contribution in [0.15, 0.2) is 35.0 Å². The van der Waals surface area contributed by atoms with Crippen LogP contribution in [0, 0.1) is 6.92 Å². The Hall–Kier alpha value is -3.29. The van der Waals surface area contributed by atoms with Crippen LogP contribution in [0.2, 0.25) is 0 Å². The second kappa shape index (κ2) is 8.61. The van der Waals surface area contributed by atoms with Gasteiger partial charge in [0, 0.05) is 24.3 Å². The second-order valence-electron chi connectivity index (χ2n) is 7.94. The predicted octanol–water partition coefficient (Wildman–Crippen LogP) is 3.49. The molecule has 1 aliphatic rings. The number of carbonyl (C=O) groups is 1. The van der Waals surface area contributed by atoms with Gasteiger partial charge >= 0.3 is 0 Å². The maximum atomic E-state index is 12.9. The minimum absolute atomic E-state index is 0.200. The first kappa shape index (κ1) is 20.0. The summed E-state index contributed by atoms with van der Waals surface area (Å²) in [6.45, 7) is 8.20. The van der Waals surface area contributed by atoms with Crippen LogP contribution in [-0.4, -0.2) is 39.3 Å². The molecule has 0 unspecified atom stereocenters. The van der Waals surface area contributed by atoms with Crippen LogP contribution < -0.4 is 10.2 Å². The molecule has 1 aliphatic heterocycles. The highest BCUT2D eigenvalue weighted by Crippen LogP contribution is 2.22. The quantitative estimate of drug-likeness (QED) is 0.669. The minimum atomic E-state index is -0.266. The van der Waals surface area contributed by atoms with Crippen molar-refractivity contribution in [1.82, 2.24) is 25.6 Å². The molecule has 0 atom stereocenters. The van der Waals surface area contributed by atoms with Gasteiger partial charge < -0.3 is 10.2 Å². The zero-order chi connectivity index (χ0) is 21.1. The summed E-state index contributed by atoms with van der Waals surface area (Å²) in [6.07, 6.45) is 2.25. The number of benzene rings is 1. The highest BCUT2D eigenvalue weighted by molar-refractivity contribution is 5.92. The van der Waals surface area contributed by atoms with E-state index in [1.807, 2.05) is 31.2 Å². The fourth-order valence-electron chi connectivity index (χ4n) is 3.43. The van der Waals surface area contributed by atoms with Gasteiger partial charge in [-0.15, -0.1) is 0 Å². The Morgan fingerprint density at radius 1 is 1.13 bits per heavy atom. The van der Waals surface area contributed by atoms with Crippen molar-refractivity contribution < 1.29 is 9.42 Å². The first-order valence-electron chi connectivity index (χ1n) is 10.3. The highest BCUT2D eigenvalue weighted by atomic mass is 16.6. The third-order valence-electron chi connectivity index (χ3n) is 5.25. The van der Waals surface area contributed by atoms with Crippen molar-refractivity contribution in [3.63, 3.8) is 0 Å². The van der Waals surface area contributed by atoms with E-state index in [9.17, 15) is 4.79 Å². The molecule has 0 bridgehead atoms. The van der Waals surface area contributed by atoms with Gasteiger partial charge in [-0.2, -0.15) is 0 Å². The van der Waals surface area contributed by atoms with Gasteiger partial charge in [-0.25, -0.2) is 14.6 Å². The Bertz CT molecular complexity index is 1020. The standard InChI is InChI=1S/C22H26N6O2/c1-14(2)17-12-18(25-22(24-17)28-10-4-5-11-28)21(29)23-13-19-20(27-30-26-19)16-8-6-15(3)7-9-16/h6-9,12,14H,4-5,10-11,13H2,1-3H3,(H,23,29). The molecular weight excluding hydrogens is 380 g/mol. The highest BCUT2D eigenvalue weighted by Gasteiger charge is 2.20. The summed E-state index contributed by atoms with van der Waals surface area (Å²) in [5.41, 5.74) is 4.48. The van der Waals surface area contributed by atoms with Crippen LogP contribution in [0.1, 0.15) is 60.0 Å². The Kier molecular flexibility index (Phi) is 5.74. The van der Waals surface area contributed by atoms with Gasteiger partial charge in [-0.05, 0) is 36.9 Å². The van der Waals surface area contributed by atoms with Crippen LogP contribution in [0.25, 0.3) is 11.3 Å². The number of anilines is 1. The number of amides is 1. The second-order valence-corrected chi connectivity index (χ2v) is 7.94. The van der Waals surface area contributed by atoms with Gasteiger partial charge in [-0.3, -0.25) is 4.79 Å². The summed E-state index contributed by atoms with van der Waals surface area (Å²) in [4.78, 5) is 24.2. The number of rotatable bonds is 6. The molecule has 8 nitrogen and oxygen atoms in total. The van der Waals surface area contributed by atoms with E-state index in [0.29, 0.717) is 23.0 Å². The van der Waals surface area contributed by atoms with E-state index in [1.54, 1.807) is 6.07 Å². The van der Waals surface area contributed by atoms with Crippen molar-refractivity contribution in [3.05, 3.63) is 53.0 Å². The number of aromatic nitrogens is 4. The molecule has 0 aliphatic carbocycles. The van der Waals surface area contributed by atoms with Crippen molar-refractivity contribution in [2.75, 3.05) is 18.0 Å². The Labute approximate surface area is 175 Å². The third-order valence-corrected chi connectivity index (χ3v) is 5.25. The first-order valence-corrected chi connectivity index (χ1v) is 10.3. The van der Waals surface area contributed by atoms with Crippen LogP contribution in [0.3, 0.4) is 0 Å². The van der Waals surface area contributed by atoms with Gasteiger partial charge in [0.25, 0.3) is 5.91 Å². The zero-order valence-corrected chi connectivity index (χ0v) is 17.6. The summed E-state index contributed by atoms with van der Waals surface area (Å²) in [7, 11) is 0. The van der Waals surface area contributed by atoms with Gasteiger partial charge in [0.05, 0.1) is 6.54 Å². The lowest BCUT2D eigenvalue weighted by atomic mass is 10.1. The average Bonchev–Trinajstić information content (AvgIpc) is 3.44. The molecule has 0 radical (unpaired) electrons. The molecule has 1 amide bonds. The van der Waals surface area contributed by atoms with Gasteiger partial charge in [0.15, 0.2) is 0 Å². The molecule has 1 saturated heterocycles. The first-order chi connectivity index (χ1) is 14.5. The van der Waals surface area contributed by atoms with Crippen molar-refractivity contribution in [2.45, 2.75) is 46.1 Å². The minimum Gasteiger partial charge on any atom is -0.345 e. The smallest absolute Gasteiger partial charge is 0.270 e. The summed E-state index contributed by atoms with van der Waals surface area (Å²) in [6, 6.07) is 9.69. The molecule has 2 aromatic heterocycles. The molecule has 0 saturated carbocycles. The lowest BCUT2D eigenvalue weighted by Crippen LogP contribution is -2.27. The number of carbonyl (C=O) groups excluding carboxylic acids is 1. The molecule has 1 fully saturated rings. The number of nitrogens with zero attached hydrogens (tertiary/aromatic N) is 5. The zero-order valence-electron chi connectivity index (χ0n) is 17.6. The number of hydrogen-bond donors (Lipinski definition) is 1. The van der Waals surface area contributed by atoms with Crippen molar-refractivity contribution >= 4 is 11.9 Å². The topological polar surface area (TPSA) is 97.0 Å². The summed E-state index contributed by atoms with van der Waals surface area (Å²) in [5, 5.41) is 10.9. The Balaban J connectivity index is 1.52. The number of hydrogen-bond acceptors (Lipinski definition) is 7. The predicted molar refractivity (Wildman–Crippen MR) is 113 cm³/mol. The molecule has 30 heavy (non-hydrogen) atoms. The van der Waals surface area contributed by atoms with E-state index in [2.05, 4.69) is 44.3 Å². The Morgan fingerprint density at radius 2 is 1.87 bits per heavy atom. The summed E-state index contributed by atoms with van der Waals surface area (Å²) < 4.78 is 4.92. The van der Waals surface area contributed by atoms with Crippen molar-refractivity contribution in [3.8, 4) is 11.3 Å². The number of nitrogens with one attached hydrogen (secondary N) is 1. The SMILES string of the molecule is Cc1ccc(-c2nonc2CNC(=O)c2cc(C(C)C)nc(N3CCCC3)n2)cc1. The van der Waals surface area contributed by atoms with Crippen LogP contribution >= 0.6 is 0 Å². The summed E-state index contributed by atoms with van der Waals surface area (Å²) in [5.74, 6) is 0.568. The maximum absolute atomic E-state index is 12.9. The molecule has 3 aromatic rings. The van der Waals surface area contributed by atoms with Crippen LogP contribution in [-0.2, 0) is 6.54 Å². The van der Waals surface area contributed by atoms with Gasteiger partial charge in [0.1, 0.15) is 17.1 Å². The van der Waals surface area contributed by atoms with Crippen LogP contribution in [0.5, 0.6) is 0 Å². The number of aryl methyl sites for hydroxylation is 1. The van der Waals surface area contributed by atoms with E-state index in [0.717, 1.165) is 42.8 Å². The normalized spacial score (nSPS) is 13.8. The van der Waals surface area contributed by atoms with Crippen molar-refractivity contribution in [1.29, 1.82) is 0 Å². The molecule has 1 aromatic carbocycles. The fourth-order valence-corrected chi connectivity index (χ4v) is 3.43. The van der Waals surface area contributed by atoms with E-state index < -0.39 is 0 Å². The van der Waals surface area contributed by atoms with Crippen LogP contribution in [0.4, 0.5) is 5.95 Å². The molecule has 4 rings (SSSR count). The molecular formula is C22H26N6O2. The monoisotopic (exact) mass is 406 g/mol. The molecule has 1 N–H and O–H groups in total. The lowest BCUT2D eigenvalue weighted by molar-refractivity contribution is 0.0945. The third kappa shape index (κ3) is 4.32. The van der Waals surface area contributed by atoms with Crippen molar-refractivity contribution in [2.24, 2.45) is 0 Å². The lowest BCUT2D eigenvalue weighted by Gasteiger charge is -2.18.